The van der Waals surface area contributed by atoms with Crippen LogP contribution in [0.15, 0.2) is 48.5 Å². The average molecular weight is 369 g/mol. The van der Waals surface area contributed by atoms with Crippen LogP contribution in [0.4, 0.5) is 9.52 Å². The van der Waals surface area contributed by atoms with Gasteiger partial charge in [0.1, 0.15) is 5.82 Å². The number of halogens is 1. The van der Waals surface area contributed by atoms with Crippen LogP contribution in [0.1, 0.15) is 18.4 Å². The van der Waals surface area contributed by atoms with E-state index in [-0.39, 0.29) is 24.2 Å². The Labute approximate surface area is 155 Å². The quantitative estimate of drug-likeness (QED) is 0.757. The fourth-order valence-electron chi connectivity index (χ4n) is 3.30. The molecule has 0 unspecified atom stereocenters. The number of benzene rings is 2. The standard InChI is InChI=1S/C20H20FN3OS/c21-16-6-2-1-5-15(16)13-22-19(25)14-9-11-24(12-10-14)20-23-17-7-3-4-8-18(17)26-20/h1-8,14H,9-13H2,(H,22,25). The molecule has 26 heavy (non-hydrogen) atoms. The van der Waals surface area contributed by atoms with E-state index in [0.717, 1.165) is 36.6 Å². The van der Waals surface area contributed by atoms with Crippen molar-refractivity contribution in [3.63, 3.8) is 0 Å². The number of amides is 1. The van der Waals surface area contributed by atoms with Gasteiger partial charge in [-0.15, -0.1) is 0 Å². The summed E-state index contributed by atoms with van der Waals surface area (Å²) in [5.74, 6) is -0.289. The van der Waals surface area contributed by atoms with Gasteiger partial charge in [-0.2, -0.15) is 0 Å². The van der Waals surface area contributed by atoms with Crippen molar-refractivity contribution in [2.45, 2.75) is 19.4 Å². The highest BCUT2D eigenvalue weighted by atomic mass is 32.1. The SMILES string of the molecule is O=C(NCc1ccccc1F)C1CCN(c2nc3ccccc3s2)CC1. The number of nitrogens with one attached hydrogen (secondary N) is 1. The molecule has 0 bridgehead atoms. The van der Waals surface area contributed by atoms with Crippen molar-refractivity contribution in [1.29, 1.82) is 0 Å². The lowest BCUT2D eigenvalue weighted by Gasteiger charge is -2.31. The summed E-state index contributed by atoms with van der Waals surface area (Å²) >= 11 is 1.70. The van der Waals surface area contributed by atoms with Crippen molar-refractivity contribution in [1.82, 2.24) is 10.3 Å². The molecular formula is C20H20FN3OS. The second-order valence-electron chi connectivity index (χ2n) is 6.53. The molecule has 0 aliphatic carbocycles. The van der Waals surface area contributed by atoms with Gasteiger partial charge in [0, 0.05) is 31.1 Å². The third kappa shape index (κ3) is 3.55. The summed E-state index contributed by atoms with van der Waals surface area (Å²) < 4.78 is 14.8. The first-order valence-electron chi connectivity index (χ1n) is 8.82. The molecule has 3 aromatic rings. The molecule has 2 aromatic carbocycles. The Bertz CT molecular complexity index is 885. The van der Waals surface area contributed by atoms with Crippen molar-refractivity contribution in [3.8, 4) is 0 Å². The second-order valence-corrected chi connectivity index (χ2v) is 7.54. The van der Waals surface area contributed by atoms with Gasteiger partial charge in [0.05, 0.1) is 10.2 Å². The van der Waals surface area contributed by atoms with Crippen LogP contribution in [0, 0.1) is 11.7 Å². The van der Waals surface area contributed by atoms with Crippen LogP contribution in [0.3, 0.4) is 0 Å². The summed E-state index contributed by atoms with van der Waals surface area (Å²) in [5.41, 5.74) is 1.55. The molecule has 1 aliphatic rings. The highest BCUT2D eigenvalue weighted by molar-refractivity contribution is 7.22. The molecule has 4 nitrogen and oxygen atoms in total. The van der Waals surface area contributed by atoms with Gasteiger partial charge in [-0.1, -0.05) is 41.7 Å². The molecule has 2 heterocycles. The Kier molecular flexibility index (Phi) is 4.84. The lowest BCUT2D eigenvalue weighted by atomic mass is 9.96. The number of anilines is 1. The third-order valence-corrected chi connectivity index (χ3v) is 5.93. The maximum Gasteiger partial charge on any atom is 0.223 e. The summed E-state index contributed by atoms with van der Waals surface area (Å²) in [5, 5.41) is 3.90. The Hall–Kier alpha value is -2.47. The number of hydrogen-bond acceptors (Lipinski definition) is 4. The topological polar surface area (TPSA) is 45.2 Å². The zero-order valence-electron chi connectivity index (χ0n) is 14.3. The predicted octanol–water partition coefficient (Wildman–Crippen LogP) is 3.97. The maximum absolute atomic E-state index is 13.6. The lowest BCUT2D eigenvalue weighted by molar-refractivity contribution is -0.125. The van der Waals surface area contributed by atoms with Gasteiger partial charge in [-0.05, 0) is 31.0 Å². The highest BCUT2D eigenvalue weighted by Crippen LogP contribution is 2.31. The van der Waals surface area contributed by atoms with Crippen LogP contribution in [0.5, 0.6) is 0 Å². The van der Waals surface area contributed by atoms with E-state index >= 15 is 0 Å². The summed E-state index contributed by atoms with van der Waals surface area (Å²) in [4.78, 5) is 19.4. The Morgan fingerprint density at radius 3 is 2.65 bits per heavy atom. The van der Waals surface area contributed by atoms with E-state index in [1.165, 1.54) is 10.8 Å². The van der Waals surface area contributed by atoms with E-state index in [4.69, 9.17) is 4.98 Å². The summed E-state index contributed by atoms with van der Waals surface area (Å²) in [6, 6.07) is 14.7. The van der Waals surface area contributed by atoms with Gasteiger partial charge >= 0.3 is 0 Å². The molecule has 0 atom stereocenters. The van der Waals surface area contributed by atoms with Crippen molar-refractivity contribution in [3.05, 3.63) is 59.9 Å². The van der Waals surface area contributed by atoms with E-state index in [1.807, 2.05) is 18.2 Å². The van der Waals surface area contributed by atoms with Gasteiger partial charge in [0.25, 0.3) is 0 Å². The number of carbonyl (C=O) groups is 1. The van der Waals surface area contributed by atoms with E-state index in [2.05, 4.69) is 16.3 Å². The molecule has 0 spiro atoms. The van der Waals surface area contributed by atoms with Crippen LogP contribution >= 0.6 is 11.3 Å². The largest absolute Gasteiger partial charge is 0.352 e. The zero-order valence-corrected chi connectivity index (χ0v) is 15.1. The van der Waals surface area contributed by atoms with E-state index < -0.39 is 0 Å². The van der Waals surface area contributed by atoms with E-state index in [9.17, 15) is 9.18 Å². The number of fused-ring (bicyclic) bond motifs is 1. The smallest absolute Gasteiger partial charge is 0.223 e. The van der Waals surface area contributed by atoms with E-state index in [1.54, 1.807) is 29.5 Å². The predicted molar refractivity (Wildman–Crippen MR) is 103 cm³/mol. The molecule has 1 aromatic heterocycles. The molecule has 0 radical (unpaired) electrons. The number of para-hydroxylation sites is 1. The second kappa shape index (κ2) is 7.41. The fraction of sp³-hybridized carbons (Fsp3) is 0.300. The van der Waals surface area contributed by atoms with Gasteiger partial charge in [-0.3, -0.25) is 4.79 Å². The van der Waals surface area contributed by atoms with Crippen LogP contribution in [-0.4, -0.2) is 24.0 Å². The molecule has 1 saturated heterocycles. The molecule has 4 rings (SSSR count). The molecule has 1 amide bonds. The first kappa shape index (κ1) is 17.0. The third-order valence-electron chi connectivity index (χ3n) is 4.83. The van der Waals surface area contributed by atoms with Crippen molar-refractivity contribution >= 4 is 32.6 Å². The minimum atomic E-state index is -0.279. The molecule has 1 fully saturated rings. The molecule has 6 heteroatoms. The zero-order chi connectivity index (χ0) is 17.9. The molecule has 0 saturated carbocycles. The lowest BCUT2D eigenvalue weighted by Crippen LogP contribution is -2.40. The van der Waals surface area contributed by atoms with Gasteiger partial charge < -0.3 is 10.2 Å². The molecular weight excluding hydrogens is 349 g/mol. The van der Waals surface area contributed by atoms with Crippen molar-refractivity contribution < 1.29 is 9.18 Å². The minimum absolute atomic E-state index is 0.0113. The Balaban J connectivity index is 1.33. The van der Waals surface area contributed by atoms with Gasteiger partial charge in [0.15, 0.2) is 5.13 Å². The van der Waals surface area contributed by atoms with Crippen LogP contribution in [-0.2, 0) is 11.3 Å². The summed E-state index contributed by atoms with van der Waals surface area (Å²) in [7, 11) is 0. The monoisotopic (exact) mass is 369 g/mol. The van der Waals surface area contributed by atoms with Gasteiger partial charge in [0.2, 0.25) is 5.91 Å². The normalized spacial score (nSPS) is 15.3. The summed E-state index contributed by atoms with van der Waals surface area (Å²) in [6.07, 6.45) is 1.58. The average Bonchev–Trinajstić information content (AvgIpc) is 3.11. The fourth-order valence-corrected chi connectivity index (χ4v) is 4.31. The number of thiazole rings is 1. The number of carbonyl (C=O) groups excluding carboxylic acids is 1. The number of aromatic nitrogens is 1. The first-order valence-corrected chi connectivity index (χ1v) is 9.64. The highest BCUT2D eigenvalue weighted by Gasteiger charge is 2.26. The molecule has 1 aliphatic heterocycles. The Morgan fingerprint density at radius 2 is 1.88 bits per heavy atom. The van der Waals surface area contributed by atoms with Crippen LogP contribution < -0.4 is 10.2 Å². The number of hydrogen-bond donors (Lipinski definition) is 1. The Morgan fingerprint density at radius 1 is 1.15 bits per heavy atom. The molecule has 134 valence electrons. The molecule has 1 N–H and O–H groups in total. The number of nitrogens with zero attached hydrogens (tertiary/aromatic N) is 2. The van der Waals surface area contributed by atoms with Crippen LogP contribution in [0.2, 0.25) is 0 Å². The van der Waals surface area contributed by atoms with Gasteiger partial charge in [-0.25, -0.2) is 9.37 Å². The van der Waals surface area contributed by atoms with E-state index in [0.29, 0.717) is 5.56 Å². The first-order chi connectivity index (χ1) is 12.7. The van der Waals surface area contributed by atoms with Crippen molar-refractivity contribution in [2.24, 2.45) is 5.92 Å². The number of piperidine rings is 1. The number of rotatable bonds is 4. The minimum Gasteiger partial charge on any atom is -0.352 e. The van der Waals surface area contributed by atoms with Crippen LogP contribution in [0.25, 0.3) is 10.2 Å². The summed E-state index contributed by atoms with van der Waals surface area (Å²) in [6.45, 7) is 1.87. The maximum atomic E-state index is 13.6. The van der Waals surface area contributed by atoms with Crippen molar-refractivity contribution in [2.75, 3.05) is 18.0 Å².